The largest absolute Gasteiger partial charge is 0.490 e. The molecule has 0 unspecified atom stereocenters. The van der Waals surface area contributed by atoms with Crippen LogP contribution in [0.25, 0.3) is 0 Å². The van der Waals surface area contributed by atoms with Gasteiger partial charge in [-0.1, -0.05) is 12.1 Å². The lowest BCUT2D eigenvalue weighted by molar-refractivity contribution is 0.342. The second-order valence-corrected chi connectivity index (χ2v) is 8.77. The number of hydrogen-bond donors (Lipinski definition) is 2. The third-order valence-corrected chi connectivity index (χ3v) is 4.92. The fourth-order valence-electron chi connectivity index (χ4n) is 1.51. The Hall–Kier alpha value is -1.32. The summed E-state index contributed by atoms with van der Waals surface area (Å²) in [7, 11) is -6.57. The summed E-state index contributed by atoms with van der Waals surface area (Å²) in [6, 6.07) is 6.81. The van der Waals surface area contributed by atoms with Crippen molar-refractivity contribution < 1.29 is 21.6 Å². The van der Waals surface area contributed by atoms with E-state index >= 15 is 0 Å². The molecule has 1 aromatic rings. The molecule has 0 amide bonds. The molecule has 0 bridgehead atoms. The molecule has 120 valence electrons. The van der Waals surface area contributed by atoms with Crippen molar-refractivity contribution in [2.75, 3.05) is 36.6 Å². The fraction of sp³-hybridized carbons (Fsp3) is 0.500. The van der Waals surface area contributed by atoms with Crippen LogP contribution in [-0.2, 0) is 19.9 Å². The van der Waals surface area contributed by atoms with Gasteiger partial charge in [-0.15, -0.1) is 0 Å². The second-order valence-electron chi connectivity index (χ2n) is 4.58. The molecule has 0 saturated carbocycles. The number of ether oxygens (including phenoxy) is 1. The zero-order valence-corrected chi connectivity index (χ0v) is 13.4. The Morgan fingerprint density at radius 3 is 2.43 bits per heavy atom. The summed E-state index contributed by atoms with van der Waals surface area (Å²) in [5.41, 5.74) is 6.10. The van der Waals surface area contributed by atoms with E-state index in [1.807, 2.05) is 0 Å². The summed E-state index contributed by atoms with van der Waals surface area (Å²) in [5, 5.41) is 0. The van der Waals surface area contributed by atoms with Crippen molar-refractivity contribution in [3.8, 4) is 5.75 Å². The maximum atomic E-state index is 11.7. The van der Waals surface area contributed by atoms with Crippen LogP contribution in [0.4, 0.5) is 5.69 Å². The number of benzene rings is 1. The highest BCUT2D eigenvalue weighted by Crippen LogP contribution is 2.19. The lowest BCUT2D eigenvalue weighted by atomic mass is 10.3. The van der Waals surface area contributed by atoms with E-state index in [-0.39, 0.29) is 31.1 Å². The molecule has 0 saturated heterocycles. The van der Waals surface area contributed by atoms with Crippen molar-refractivity contribution in [1.82, 2.24) is 4.72 Å². The molecular weight excluding hydrogens is 316 g/mol. The van der Waals surface area contributed by atoms with Gasteiger partial charge in [-0.2, -0.15) is 0 Å². The van der Waals surface area contributed by atoms with Crippen molar-refractivity contribution >= 4 is 25.5 Å². The summed E-state index contributed by atoms with van der Waals surface area (Å²) in [4.78, 5) is 0. The van der Waals surface area contributed by atoms with E-state index in [1.54, 1.807) is 24.3 Å². The Bertz CT molecular complexity index is 656. The van der Waals surface area contributed by atoms with Crippen molar-refractivity contribution in [2.24, 2.45) is 0 Å². The van der Waals surface area contributed by atoms with Gasteiger partial charge in [-0.3, -0.25) is 0 Å². The number of nitrogens with one attached hydrogen (secondary N) is 1. The maximum absolute atomic E-state index is 11.7. The maximum Gasteiger partial charge on any atom is 0.214 e. The molecule has 0 atom stereocenters. The van der Waals surface area contributed by atoms with Crippen LogP contribution in [0.15, 0.2) is 24.3 Å². The molecule has 1 rings (SSSR count). The molecule has 21 heavy (non-hydrogen) atoms. The molecule has 1 aromatic carbocycles. The monoisotopic (exact) mass is 336 g/mol. The standard InChI is InChI=1S/C12H20N2O5S2/c1-20(15,16)9-4-7-14-21(17,18)10-8-19-12-6-3-2-5-11(12)13/h2-3,5-6,14H,4,7-10,13H2,1H3. The molecule has 0 radical (unpaired) electrons. The van der Waals surface area contributed by atoms with Crippen LogP contribution in [0.5, 0.6) is 5.75 Å². The number of sulfone groups is 1. The summed E-state index contributed by atoms with van der Waals surface area (Å²) in [5.74, 6) is 0.164. The zero-order valence-electron chi connectivity index (χ0n) is 11.8. The third kappa shape index (κ3) is 7.88. The minimum Gasteiger partial charge on any atom is -0.490 e. The lowest BCUT2D eigenvalue weighted by Gasteiger charge is -2.09. The van der Waals surface area contributed by atoms with Crippen molar-refractivity contribution in [3.05, 3.63) is 24.3 Å². The minimum atomic E-state index is -3.49. The molecule has 3 N–H and O–H groups in total. The van der Waals surface area contributed by atoms with Gasteiger partial charge in [-0.05, 0) is 18.6 Å². The van der Waals surface area contributed by atoms with Crippen LogP contribution in [0.3, 0.4) is 0 Å². The first-order valence-electron chi connectivity index (χ1n) is 6.32. The number of para-hydroxylation sites is 2. The van der Waals surface area contributed by atoms with Gasteiger partial charge in [0, 0.05) is 12.8 Å². The molecule has 0 heterocycles. The van der Waals surface area contributed by atoms with Gasteiger partial charge in [0.1, 0.15) is 22.2 Å². The van der Waals surface area contributed by atoms with Crippen LogP contribution in [0.1, 0.15) is 6.42 Å². The van der Waals surface area contributed by atoms with Gasteiger partial charge < -0.3 is 10.5 Å². The first-order valence-corrected chi connectivity index (χ1v) is 10.0. The number of anilines is 1. The first kappa shape index (κ1) is 17.7. The Balaban J connectivity index is 2.32. The molecule has 9 heteroatoms. The third-order valence-electron chi connectivity index (χ3n) is 2.54. The van der Waals surface area contributed by atoms with Crippen LogP contribution in [0, 0.1) is 0 Å². The molecule has 7 nitrogen and oxygen atoms in total. The van der Waals surface area contributed by atoms with Gasteiger partial charge in [0.15, 0.2) is 0 Å². The molecule has 0 aliphatic carbocycles. The summed E-state index contributed by atoms with van der Waals surface area (Å²) < 4.78 is 52.8. The van der Waals surface area contributed by atoms with Crippen molar-refractivity contribution in [1.29, 1.82) is 0 Å². The van der Waals surface area contributed by atoms with Crippen LogP contribution in [-0.4, -0.2) is 47.7 Å². The van der Waals surface area contributed by atoms with E-state index < -0.39 is 19.9 Å². The topological polar surface area (TPSA) is 116 Å². The number of nitrogen functional groups attached to an aromatic ring is 1. The highest BCUT2D eigenvalue weighted by atomic mass is 32.2. The summed E-state index contributed by atoms with van der Waals surface area (Å²) in [6.07, 6.45) is 1.35. The fourth-order valence-corrected chi connectivity index (χ4v) is 3.08. The second kappa shape index (κ2) is 7.62. The average Bonchev–Trinajstić information content (AvgIpc) is 2.36. The van der Waals surface area contributed by atoms with E-state index in [1.165, 1.54) is 0 Å². The highest BCUT2D eigenvalue weighted by Gasteiger charge is 2.11. The van der Waals surface area contributed by atoms with Crippen LogP contribution < -0.4 is 15.2 Å². The average molecular weight is 336 g/mol. The quantitative estimate of drug-likeness (QED) is 0.484. The molecule has 0 spiro atoms. The summed E-state index contributed by atoms with van der Waals surface area (Å²) >= 11 is 0. The molecule has 0 aliphatic rings. The number of sulfonamides is 1. The van der Waals surface area contributed by atoms with Gasteiger partial charge in [-0.25, -0.2) is 21.6 Å². The van der Waals surface area contributed by atoms with E-state index in [0.29, 0.717) is 11.4 Å². The Kier molecular flexibility index (Phi) is 6.43. The Morgan fingerprint density at radius 1 is 1.14 bits per heavy atom. The van der Waals surface area contributed by atoms with E-state index in [4.69, 9.17) is 10.5 Å². The van der Waals surface area contributed by atoms with Gasteiger partial charge in [0.2, 0.25) is 10.0 Å². The molecule has 0 fully saturated rings. The van der Waals surface area contributed by atoms with Crippen LogP contribution >= 0.6 is 0 Å². The lowest BCUT2D eigenvalue weighted by Crippen LogP contribution is -2.30. The van der Waals surface area contributed by atoms with Gasteiger partial charge in [0.05, 0.1) is 17.2 Å². The van der Waals surface area contributed by atoms with Crippen molar-refractivity contribution in [2.45, 2.75) is 6.42 Å². The van der Waals surface area contributed by atoms with Gasteiger partial charge >= 0.3 is 0 Å². The number of rotatable bonds is 9. The Morgan fingerprint density at radius 2 is 1.81 bits per heavy atom. The van der Waals surface area contributed by atoms with E-state index in [2.05, 4.69) is 4.72 Å². The normalized spacial score (nSPS) is 12.2. The predicted octanol–water partition coefficient (Wildman–Crippen LogP) is 0.00170. The smallest absolute Gasteiger partial charge is 0.214 e. The SMILES string of the molecule is CS(=O)(=O)CCCNS(=O)(=O)CCOc1ccccc1N. The molecule has 0 aromatic heterocycles. The molecular formula is C12H20N2O5S2. The van der Waals surface area contributed by atoms with Crippen molar-refractivity contribution in [3.63, 3.8) is 0 Å². The zero-order chi connectivity index (χ0) is 15.9. The Labute approximate surface area is 125 Å². The first-order chi connectivity index (χ1) is 9.70. The highest BCUT2D eigenvalue weighted by molar-refractivity contribution is 7.90. The van der Waals surface area contributed by atoms with Crippen LogP contribution in [0.2, 0.25) is 0 Å². The number of nitrogens with two attached hydrogens (primary N) is 1. The van der Waals surface area contributed by atoms with Gasteiger partial charge in [0.25, 0.3) is 0 Å². The van der Waals surface area contributed by atoms with E-state index in [0.717, 1.165) is 6.26 Å². The predicted molar refractivity (Wildman–Crippen MR) is 82.5 cm³/mol. The molecule has 0 aliphatic heterocycles. The van der Waals surface area contributed by atoms with E-state index in [9.17, 15) is 16.8 Å². The number of hydrogen-bond acceptors (Lipinski definition) is 6. The minimum absolute atomic E-state index is 0.0321. The summed E-state index contributed by atoms with van der Waals surface area (Å²) in [6.45, 7) is 0.0541.